The van der Waals surface area contributed by atoms with Crippen molar-refractivity contribution in [3.8, 4) is 11.5 Å². The molecule has 0 aliphatic carbocycles. The number of halogens is 2. The molecule has 2 aliphatic heterocycles. The van der Waals surface area contributed by atoms with Gasteiger partial charge < -0.3 is 40.1 Å². The van der Waals surface area contributed by atoms with Crippen LogP contribution in [0.15, 0.2) is 72.8 Å². The molecular weight excluding hydrogens is 815 g/mol. The summed E-state index contributed by atoms with van der Waals surface area (Å²) >= 11 is 12.3. The molecule has 16 heteroatoms. The topological polar surface area (TPSA) is 150 Å². The number of hydrogen-bond donors (Lipinski definition) is 3. The Kier molecular flexibility index (Phi) is 14.0. The second-order valence-corrected chi connectivity index (χ2v) is 16.1. The SMILES string of the molecule is Cc1ccc(OCC(=O)Nc2ccc3nc(N4CCN(C)CC4)nc(C)c3c2)c(Cl)c1.Cc1ccc(OCC(=O)Nc2ccc3nc(N4CCNCC4)nc(C)c3c2)c(Cl)c1. The van der Waals surface area contributed by atoms with Crippen molar-refractivity contribution in [3.63, 3.8) is 0 Å². The third-order valence-corrected chi connectivity index (χ3v) is 11.0. The highest BCUT2D eigenvalue weighted by molar-refractivity contribution is 6.32. The van der Waals surface area contributed by atoms with Gasteiger partial charge in [0.15, 0.2) is 13.2 Å². The van der Waals surface area contributed by atoms with Crippen molar-refractivity contribution in [1.82, 2.24) is 30.2 Å². The van der Waals surface area contributed by atoms with E-state index in [0.29, 0.717) is 32.9 Å². The van der Waals surface area contributed by atoms with Crippen LogP contribution >= 0.6 is 23.2 Å². The summed E-state index contributed by atoms with van der Waals surface area (Å²) in [4.78, 5) is 50.2. The molecule has 2 aromatic heterocycles. The van der Waals surface area contributed by atoms with Gasteiger partial charge in [-0.15, -0.1) is 0 Å². The minimum absolute atomic E-state index is 0.126. The van der Waals surface area contributed by atoms with Crippen LogP contribution in [-0.4, -0.2) is 109 Å². The van der Waals surface area contributed by atoms with Crippen LogP contribution in [0.5, 0.6) is 11.5 Å². The highest BCUT2D eigenvalue weighted by atomic mass is 35.5. The van der Waals surface area contributed by atoms with E-state index in [-0.39, 0.29) is 25.0 Å². The number of piperazine rings is 2. The summed E-state index contributed by atoms with van der Waals surface area (Å²) in [5.74, 6) is 1.97. The van der Waals surface area contributed by atoms with Crippen LogP contribution in [0.25, 0.3) is 21.8 Å². The first kappa shape index (κ1) is 43.3. The normalized spacial score (nSPS) is 14.3. The molecule has 2 saturated heterocycles. The van der Waals surface area contributed by atoms with Gasteiger partial charge in [0.2, 0.25) is 11.9 Å². The Bertz CT molecular complexity index is 2540. The predicted octanol–water partition coefficient (Wildman–Crippen LogP) is 7.00. The van der Waals surface area contributed by atoms with Crippen molar-refractivity contribution in [2.45, 2.75) is 27.7 Å². The maximum atomic E-state index is 12.4. The second-order valence-electron chi connectivity index (χ2n) is 15.3. The fourth-order valence-corrected chi connectivity index (χ4v) is 7.55. The fourth-order valence-electron chi connectivity index (χ4n) is 6.97. The number of nitrogens with one attached hydrogen (secondary N) is 3. The minimum Gasteiger partial charge on any atom is -0.482 e. The number of anilines is 4. The molecule has 0 spiro atoms. The Labute approximate surface area is 365 Å². The zero-order chi connectivity index (χ0) is 43.0. The van der Waals surface area contributed by atoms with E-state index in [0.717, 1.165) is 109 Å². The Hall–Kier alpha value is -5.80. The van der Waals surface area contributed by atoms with Crippen molar-refractivity contribution < 1.29 is 19.1 Å². The van der Waals surface area contributed by atoms with E-state index < -0.39 is 0 Å². The fraction of sp³-hybridized carbons (Fsp3) is 0.333. The van der Waals surface area contributed by atoms with Gasteiger partial charge in [-0.1, -0.05) is 35.3 Å². The average molecular weight is 866 g/mol. The summed E-state index contributed by atoms with van der Waals surface area (Å²) in [5, 5.41) is 11.9. The van der Waals surface area contributed by atoms with Gasteiger partial charge in [-0.3, -0.25) is 9.59 Å². The molecular formula is C45H50Cl2N10O4. The largest absolute Gasteiger partial charge is 0.482 e. The smallest absolute Gasteiger partial charge is 0.262 e. The zero-order valence-corrected chi connectivity index (χ0v) is 36.5. The Balaban J connectivity index is 0.000000184. The highest BCUT2D eigenvalue weighted by Gasteiger charge is 2.19. The lowest BCUT2D eigenvalue weighted by Gasteiger charge is -2.32. The first-order valence-electron chi connectivity index (χ1n) is 20.2. The van der Waals surface area contributed by atoms with Crippen LogP contribution in [0.3, 0.4) is 0 Å². The second kappa shape index (κ2) is 19.7. The molecule has 0 saturated carbocycles. The molecule has 4 heterocycles. The van der Waals surface area contributed by atoms with E-state index >= 15 is 0 Å². The van der Waals surface area contributed by atoms with Crippen molar-refractivity contribution >= 4 is 80.1 Å². The minimum atomic E-state index is -0.262. The molecule has 2 fully saturated rings. The summed E-state index contributed by atoms with van der Waals surface area (Å²) in [5.41, 5.74) is 6.91. The first-order chi connectivity index (χ1) is 29.4. The number of hydrogen-bond acceptors (Lipinski definition) is 12. The molecule has 3 N–H and O–H groups in total. The van der Waals surface area contributed by atoms with Crippen molar-refractivity contribution in [2.24, 2.45) is 0 Å². The molecule has 8 rings (SSSR count). The van der Waals surface area contributed by atoms with Gasteiger partial charge in [-0.25, -0.2) is 19.9 Å². The molecule has 6 aromatic rings. The molecule has 0 atom stereocenters. The van der Waals surface area contributed by atoms with E-state index in [9.17, 15) is 9.59 Å². The van der Waals surface area contributed by atoms with Crippen molar-refractivity contribution in [3.05, 3.63) is 105 Å². The molecule has 2 aliphatic rings. The molecule has 14 nitrogen and oxygen atoms in total. The van der Waals surface area contributed by atoms with Crippen LogP contribution in [0.2, 0.25) is 10.0 Å². The Morgan fingerprint density at radius 3 is 1.49 bits per heavy atom. The summed E-state index contributed by atoms with van der Waals surface area (Å²) < 4.78 is 11.1. The number of ether oxygens (including phenoxy) is 2. The van der Waals surface area contributed by atoms with Crippen molar-refractivity contribution in [1.29, 1.82) is 0 Å². The molecule has 0 bridgehead atoms. The van der Waals surface area contributed by atoms with Crippen LogP contribution in [0.1, 0.15) is 22.5 Å². The standard InChI is InChI=1S/C23H26ClN5O2.C22H24ClN5O2/c1-15-4-7-21(19(24)12-15)31-14-22(30)26-17-5-6-20-18(13-17)16(2)25-23(27-20)29-10-8-28(3)9-11-29;1-14-3-6-20(18(23)11-14)30-13-21(29)26-16-4-5-19-17(12-16)15(2)25-22(27-19)28-9-7-24-8-10-28/h4-7,12-13H,8-11,14H2,1-3H3,(H,26,30);3-6,11-12,24H,7-10,13H2,1-2H3,(H,26,29). The van der Waals surface area contributed by atoms with E-state index in [1.54, 1.807) is 24.3 Å². The quantitative estimate of drug-likeness (QED) is 0.130. The van der Waals surface area contributed by atoms with Gasteiger partial charge >= 0.3 is 0 Å². The van der Waals surface area contributed by atoms with Gasteiger partial charge in [0.05, 0.1) is 32.5 Å². The lowest BCUT2D eigenvalue weighted by Crippen LogP contribution is -2.45. The summed E-state index contributed by atoms with van der Waals surface area (Å²) in [6, 6.07) is 22.2. The maximum Gasteiger partial charge on any atom is 0.262 e. The van der Waals surface area contributed by atoms with Crippen LogP contribution < -0.4 is 35.2 Å². The highest BCUT2D eigenvalue weighted by Crippen LogP contribution is 2.28. The number of aromatic nitrogens is 4. The van der Waals surface area contributed by atoms with Gasteiger partial charge in [-0.05, 0) is 107 Å². The molecule has 2 amide bonds. The number of rotatable bonds is 10. The zero-order valence-electron chi connectivity index (χ0n) is 35.0. The summed E-state index contributed by atoms with van der Waals surface area (Å²) in [7, 11) is 2.13. The third kappa shape index (κ3) is 11.3. The van der Waals surface area contributed by atoms with Crippen LogP contribution in [-0.2, 0) is 9.59 Å². The molecule has 61 heavy (non-hydrogen) atoms. The number of benzene rings is 4. The lowest BCUT2D eigenvalue weighted by atomic mass is 10.1. The number of carbonyl (C=O) groups is 2. The van der Waals surface area contributed by atoms with Crippen LogP contribution in [0, 0.1) is 27.7 Å². The predicted molar refractivity (Wildman–Crippen MR) is 244 cm³/mol. The van der Waals surface area contributed by atoms with E-state index in [4.69, 9.17) is 47.6 Å². The number of nitrogens with zero attached hydrogens (tertiary/aromatic N) is 7. The van der Waals surface area contributed by atoms with Gasteiger partial charge in [0.1, 0.15) is 11.5 Å². The molecule has 4 aromatic carbocycles. The maximum absolute atomic E-state index is 12.4. The summed E-state index contributed by atoms with van der Waals surface area (Å²) in [6.07, 6.45) is 0. The third-order valence-electron chi connectivity index (χ3n) is 10.4. The average Bonchev–Trinajstić information content (AvgIpc) is 3.24. The molecule has 318 valence electrons. The molecule has 0 radical (unpaired) electrons. The Morgan fingerprint density at radius 2 is 1.05 bits per heavy atom. The van der Waals surface area contributed by atoms with Gasteiger partial charge in [-0.2, -0.15) is 0 Å². The first-order valence-corrected chi connectivity index (χ1v) is 21.0. The number of aryl methyl sites for hydroxylation is 4. The van der Waals surface area contributed by atoms with Crippen LogP contribution in [0.4, 0.5) is 23.3 Å². The van der Waals surface area contributed by atoms with Crippen molar-refractivity contribution in [2.75, 3.05) is 93.1 Å². The number of fused-ring (bicyclic) bond motifs is 2. The van der Waals surface area contributed by atoms with Gasteiger partial charge in [0.25, 0.3) is 11.8 Å². The summed E-state index contributed by atoms with van der Waals surface area (Å²) in [6.45, 7) is 15.1. The number of amides is 2. The number of carbonyl (C=O) groups excluding carboxylic acids is 2. The van der Waals surface area contributed by atoms with Gasteiger partial charge in [0, 0.05) is 74.5 Å². The monoisotopic (exact) mass is 864 g/mol. The lowest BCUT2D eigenvalue weighted by molar-refractivity contribution is -0.118. The van der Waals surface area contributed by atoms with E-state index in [1.807, 2.05) is 76.2 Å². The Morgan fingerprint density at radius 1 is 0.607 bits per heavy atom. The number of likely N-dealkylation sites (N-methyl/N-ethyl adjacent to an activating group) is 1. The van der Waals surface area contributed by atoms with E-state index in [2.05, 4.69) is 42.7 Å². The molecule has 0 unspecified atom stereocenters. The van der Waals surface area contributed by atoms with E-state index in [1.165, 1.54) is 0 Å².